The van der Waals surface area contributed by atoms with Gasteiger partial charge < -0.3 is 10.6 Å². The number of benzene rings is 1. The second kappa shape index (κ2) is 7.22. The van der Waals surface area contributed by atoms with Crippen LogP contribution in [0.25, 0.3) is 5.78 Å². The summed E-state index contributed by atoms with van der Waals surface area (Å²) in [7, 11) is 0. The summed E-state index contributed by atoms with van der Waals surface area (Å²) in [5.74, 6) is 0.786. The molecule has 1 saturated carbocycles. The number of hydrogen-bond donors (Lipinski definition) is 3. The molecule has 3 N–H and O–H groups in total. The second-order valence-electron chi connectivity index (χ2n) is 6.95. The third-order valence-electron chi connectivity index (χ3n) is 4.83. The van der Waals surface area contributed by atoms with E-state index in [0.29, 0.717) is 35.6 Å². The predicted octanol–water partition coefficient (Wildman–Crippen LogP) is 2.01. The van der Waals surface area contributed by atoms with Crippen LogP contribution in [-0.4, -0.2) is 31.5 Å². The van der Waals surface area contributed by atoms with Gasteiger partial charge in [0.25, 0.3) is 17.2 Å². The highest BCUT2D eigenvalue weighted by Gasteiger charge is 2.17. The van der Waals surface area contributed by atoms with E-state index in [4.69, 9.17) is 0 Å². The van der Waals surface area contributed by atoms with E-state index >= 15 is 0 Å². The van der Waals surface area contributed by atoms with E-state index in [1.807, 2.05) is 24.3 Å². The number of rotatable bonds is 5. The number of aryl methyl sites for hydroxylation is 1. The van der Waals surface area contributed by atoms with Crippen LogP contribution in [0, 0.1) is 6.92 Å². The van der Waals surface area contributed by atoms with Crippen molar-refractivity contribution in [2.24, 2.45) is 0 Å². The van der Waals surface area contributed by atoms with Crippen LogP contribution in [0.2, 0.25) is 0 Å². The van der Waals surface area contributed by atoms with Gasteiger partial charge in [-0.15, -0.1) is 0 Å². The number of aromatic amines is 1. The zero-order chi connectivity index (χ0) is 18.8. The molecular formula is C19H22N6O2. The molecule has 140 valence electrons. The van der Waals surface area contributed by atoms with Crippen LogP contribution in [0.3, 0.4) is 0 Å². The minimum atomic E-state index is -0.198. The SMILES string of the molecule is Cc1cc(=O)n2[nH]c(NCc3ccc(C(=O)NC4CCCC4)cc3)nc2n1. The molecule has 0 spiro atoms. The molecule has 1 amide bonds. The molecule has 2 heterocycles. The van der Waals surface area contributed by atoms with E-state index in [1.54, 1.807) is 6.92 Å². The van der Waals surface area contributed by atoms with Crippen LogP contribution in [-0.2, 0) is 6.54 Å². The van der Waals surface area contributed by atoms with Crippen LogP contribution in [0.15, 0.2) is 35.1 Å². The first-order chi connectivity index (χ1) is 13.1. The standard InChI is InChI=1S/C19H22N6O2/c1-12-10-16(26)25-19(21-12)23-18(24-25)20-11-13-6-8-14(9-7-13)17(27)22-15-4-2-3-5-15/h6-10,15H,2-5,11H2,1H3,(H,22,27)(H2,20,21,23,24). The Hall–Kier alpha value is -3.16. The number of amides is 1. The van der Waals surface area contributed by atoms with E-state index < -0.39 is 0 Å². The lowest BCUT2D eigenvalue weighted by atomic mass is 10.1. The molecular weight excluding hydrogens is 344 g/mol. The fourth-order valence-electron chi connectivity index (χ4n) is 3.37. The van der Waals surface area contributed by atoms with Gasteiger partial charge >= 0.3 is 0 Å². The second-order valence-corrected chi connectivity index (χ2v) is 6.95. The molecule has 2 aromatic heterocycles. The van der Waals surface area contributed by atoms with Crippen molar-refractivity contribution in [3.63, 3.8) is 0 Å². The van der Waals surface area contributed by atoms with Gasteiger partial charge in [-0.25, -0.2) is 4.98 Å². The van der Waals surface area contributed by atoms with E-state index in [9.17, 15) is 9.59 Å². The summed E-state index contributed by atoms with van der Waals surface area (Å²) in [5, 5.41) is 9.11. The van der Waals surface area contributed by atoms with Crippen molar-refractivity contribution in [3.05, 3.63) is 57.5 Å². The fourth-order valence-corrected chi connectivity index (χ4v) is 3.37. The van der Waals surface area contributed by atoms with Gasteiger partial charge in [0, 0.05) is 29.9 Å². The summed E-state index contributed by atoms with van der Waals surface area (Å²) in [4.78, 5) is 32.7. The maximum Gasteiger partial charge on any atom is 0.274 e. The molecule has 8 nitrogen and oxygen atoms in total. The number of carbonyl (C=O) groups excluding carboxylic acids is 1. The van der Waals surface area contributed by atoms with Crippen molar-refractivity contribution in [1.82, 2.24) is 24.9 Å². The monoisotopic (exact) mass is 366 g/mol. The molecule has 1 aromatic carbocycles. The van der Waals surface area contributed by atoms with Gasteiger partial charge in [0.05, 0.1) is 0 Å². The minimum absolute atomic E-state index is 0.0143. The number of nitrogens with one attached hydrogen (secondary N) is 3. The van der Waals surface area contributed by atoms with Crippen molar-refractivity contribution < 1.29 is 4.79 Å². The highest BCUT2D eigenvalue weighted by molar-refractivity contribution is 5.94. The Morgan fingerprint density at radius 1 is 1.22 bits per heavy atom. The predicted molar refractivity (Wildman–Crippen MR) is 102 cm³/mol. The molecule has 0 bridgehead atoms. The Morgan fingerprint density at radius 3 is 2.70 bits per heavy atom. The van der Waals surface area contributed by atoms with Crippen LogP contribution in [0.5, 0.6) is 0 Å². The Morgan fingerprint density at radius 2 is 1.96 bits per heavy atom. The van der Waals surface area contributed by atoms with E-state index in [1.165, 1.54) is 23.4 Å². The smallest absolute Gasteiger partial charge is 0.274 e. The molecule has 3 aromatic rings. The lowest BCUT2D eigenvalue weighted by Gasteiger charge is -2.12. The summed E-state index contributed by atoms with van der Waals surface area (Å²) in [6.45, 7) is 2.27. The number of H-pyrrole nitrogens is 1. The zero-order valence-corrected chi connectivity index (χ0v) is 15.2. The molecule has 0 radical (unpaired) electrons. The van der Waals surface area contributed by atoms with E-state index in [0.717, 1.165) is 18.4 Å². The molecule has 0 unspecified atom stereocenters. The van der Waals surface area contributed by atoms with Crippen molar-refractivity contribution >= 4 is 17.6 Å². The molecule has 1 aliphatic carbocycles. The molecule has 0 saturated heterocycles. The number of hydrogen-bond acceptors (Lipinski definition) is 5. The first kappa shape index (κ1) is 17.3. The van der Waals surface area contributed by atoms with Gasteiger partial charge in [0.1, 0.15) is 0 Å². The molecule has 1 aliphatic rings. The number of carbonyl (C=O) groups is 1. The summed E-state index contributed by atoms with van der Waals surface area (Å²) in [5.41, 5.74) is 2.10. The average molecular weight is 366 g/mol. The molecule has 0 aliphatic heterocycles. The van der Waals surface area contributed by atoms with Crippen molar-refractivity contribution in [1.29, 1.82) is 0 Å². The third-order valence-corrected chi connectivity index (χ3v) is 4.83. The lowest BCUT2D eigenvalue weighted by molar-refractivity contribution is 0.0938. The van der Waals surface area contributed by atoms with Crippen molar-refractivity contribution in [2.75, 3.05) is 5.32 Å². The normalized spacial score (nSPS) is 14.6. The third kappa shape index (κ3) is 3.84. The molecule has 1 fully saturated rings. The first-order valence-electron chi connectivity index (χ1n) is 9.18. The summed E-state index contributed by atoms with van der Waals surface area (Å²) in [6, 6.07) is 9.24. The Kier molecular flexibility index (Phi) is 4.62. The van der Waals surface area contributed by atoms with Crippen LogP contribution in [0.4, 0.5) is 5.95 Å². The maximum atomic E-state index is 12.3. The van der Waals surface area contributed by atoms with E-state index in [-0.39, 0.29) is 11.5 Å². The number of nitrogens with zero attached hydrogens (tertiary/aromatic N) is 3. The first-order valence-corrected chi connectivity index (χ1v) is 9.18. The van der Waals surface area contributed by atoms with Gasteiger partial charge in [0.15, 0.2) is 0 Å². The fraction of sp³-hybridized carbons (Fsp3) is 0.368. The molecule has 8 heteroatoms. The number of aromatic nitrogens is 4. The minimum Gasteiger partial charge on any atom is -0.351 e. The highest BCUT2D eigenvalue weighted by Crippen LogP contribution is 2.18. The van der Waals surface area contributed by atoms with Crippen LogP contribution in [0.1, 0.15) is 47.3 Å². The zero-order valence-electron chi connectivity index (χ0n) is 15.2. The molecule has 0 atom stereocenters. The summed E-state index contributed by atoms with van der Waals surface area (Å²) in [6.07, 6.45) is 4.53. The van der Waals surface area contributed by atoms with Gasteiger partial charge in [-0.1, -0.05) is 25.0 Å². The van der Waals surface area contributed by atoms with Crippen LogP contribution >= 0.6 is 0 Å². The number of anilines is 1. The van der Waals surface area contributed by atoms with Gasteiger partial charge in [0.2, 0.25) is 5.95 Å². The largest absolute Gasteiger partial charge is 0.351 e. The Labute approximate surface area is 156 Å². The van der Waals surface area contributed by atoms with Gasteiger partial charge in [-0.3, -0.25) is 14.7 Å². The van der Waals surface area contributed by atoms with Crippen molar-refractivity contribution in [2.45, 2.75) is 45.2 Å². The molecule has 4 rings (SSSR count). The van der Waals surface area contributed by atoms with Crippen molar-refractivity contribution in [3.8, 4) is 0 Å². The Bertz CT molecular complexity index is 1010. The van der Waals surface area contributed by atoms with Crippen LogP contribution < -0.4 is 16.2 Å². The summed E-state index contributed by atoms with van der Waals surface area (Å²) < 4.78 is 1.30. The van der Waals surface area contributed by atoms with Gasteiger partial charge in [-0.05, 0) is 37.5 Å². The van der Waals surface area contributed by atoms with E-state index in [2.05, 4.69) is 25.7 Å². The topological polar surface area (TPSA) is 104 Å². The Balaban J connectivity index is 1.39. The van der Waals surface area contributed by atoms with Gasteiger partial charge in [-0.2, -0.15) is 9.50 Å². The quantitative estimate of drug-likeness (QED) is 0.641. The molecule has 27 heavy (non-hydrogen) atoms. The maximum absolute atomic E-state index is 12.3. The summed E-state index contributed by atoms with van der Waals surface area (Å²) >= 11 is 0. The average Bonchev–Trinajstić information content (AvgIpc) is 3.30. The lowest BCUT2D eigenvalue weighted by Crippen LogP contribution is -2.32. The highest BCUT2D eigenvalue weighted by atomic mass is 16.1. The number of fused-ring (bicyclic) bond motifs is 1.